The zero-order chi connectivity index (χ0) is 23.7. The smallest absolute Gasteiger partial charge is 0.341 e. The predicted octanol–water partition coefficient (Wildman–Crippen LogP) is 3.68. The topological polar surface area (TPSA) is 112 Å². The number of benzene rings is 3. The van der Waals surface area contributed by atoms with Crippen LogP contribution in [0.2, 0.25) is 0 Å². The molecule has 0 aliphatic carbocycles. The molecule has 0 spiro atoms. The van der Waals surface area contributed by atoms with Gasteiger partial charge in [-0.05, 0) is 35.6 Å². The third kappa shape index (κ3) is 4.03. The maximum Gasteiger partial charge on any atom is 0.341 e. The standard InChI is InChI=1S/C25H21FN2O5/c1-2-18-21(23(31)25(27)32)22-19(28(18)12-14-6-5-8-16(26)10-14)11-15-7-3-4-9-17(15)24(22)33-13-20(29)30/h3-11H,2,12-13H2,1H3,(H2,27,32)(H,29,30). The average molecular weight is 448 g/mol. The van der Waals surface area contributed by atoms with Gasteiger partial charge in [-0.2, -0.15) is 0 Å². The highest BCUT2D eigenvalue weighted by atomic mass is 19.1. The van der Waals surface area contributed by atoms with Crippen LogP contribution in [-0.4, -0.2) is 33.9 Å². The highest BCUT2D eigenvalue weighted by molar-refractivity contribution is 6.45. The van der Waals surface area contributed by atoms with Crippen LogP contribution in [0.25, 0.3) is 21.7 Å². The summed E-state index contributed by atoms with van der Waals surface area (Å²) in [5.41, 5.74) is 7.17. The number of Topliss-reactive ketones (excluding diaryl/α,β-unsaturated/α-hetero) is 1. The summed E-state index contributed by atoms with van der Waals surface area (Å²) in [6.07, 6.45) is 0.368. The van der Waals surface area contributed by atoms with Crippen LogP contribution >= 0.6 is 0 Å². The Kier molecular flexibility index (Phi) is 5.83. The zero-order valence-electron chi connectivity index (χ0n) is 17.8. The predicted molar refractivity (Wildman–Crippen MR) is 121 cm³/mol. The van der Waals surface area contributed by atoms with Gasteiger partial charge in [-0.1, -0.05) is 43.3 Å². The Balaban J connectivity index is 2.11. The molecule has 4 rings (SSSR count). The average Bonchev–Trinajstić information content (AvgIpc) is 3.08. The van der Waals surface area contributed by atoms with E-state index in [1.807, 2.05) is 29.7 Å². The Bertz CT molecular complexity index is 1420. The van der Waals surface area contributed by atoms with E-state index in [0.29, 0.717) is 34.0 Å². The van der Waals surface area contributed by atoms with Gasteiger partial charge in [-0.3, -0.25) is 9.59 Å². The number of hydrogen-bond donors (Lipinski definition) is 2. The number of carbonyl (C=O) groups excluding carboxylic acids is 2. The van der Waals surface area contributed by atoms with Gasteiger partial charge in [0.15, 0.2) is 6.61 Å². The van der Waals surface area contributed by atoms with E-state index in [4.69, 9.17) is 10.5 Å². The number of halogens is 1. The third-order valence-corrected chi connectivity index (χ3v) is 5.49. The van der Waals surface area contributed by atoms with Crippen molar-refractivity contribution in [1.82, 2.24) is 4.57 Å². The number of carboxylic acid groups (broad SMARTS) is 1. The molecule has 0 aliphatic heterocycles. The summed E-state index contributed by atoms with van der Waals surface area (Å²) in [5.74, 6) is -3.43. The molecule has 0 saturated carbocycles. The Morgan fingerprint density at radius 1 is 1.09 bits per heavy atom. The molecule has 0 fully saturated rings. The van der Waals surface area contributed by atoms with Crippen molar-refractivity contribution >= 4 is 39.3 Å². The second-order valence-electron chi connectivity index (χ2n) is 7.59. The molecular weight excluding hydrogens is 427 g/mol. The number of ether oxygens (including phenoxy) is 1. The molecule has 4 aromatic rings. The number of aliphatic carboxylic acids is 1. The second-order valence-corrected chi connectivity index (χ2v) is 7.59. The van der Waals surface area contributed by atoms with Crippen molar-refractivity contribution < 1.29 is 28.6 Å². The molecule has 8 heteroatoms. The first kappa shape index (κ1) is 22.0. The van der Waals surface area contributed by atoms with Gasteiger partial charge in [-0.15, -0.1) is 0 Å². The maximum absolute atomic E-state index is 13.9. The lowest BCUT2D eigenvalue weighted by Crippen LogP contribution is -2.24. The summed E-state index contributed by atoms with van der Waals surface area (Å²) in [5, 5.41) is 10.9. The van der Waals surface area contributed by atoms with E-state index in [9.17, 15) is 23.9 Å². The summed E-state index contributed by atoms with van der Waals surface area (Å²) in [7, 11) is 0. The number of aromatic nitrogens is 1. The van der Waals surface area contributed by atoms with Gasteiger partial charge in [-0.25, -0.2) is 9.18 Å². The van der Waals surface area contributed by atoms with Crippen LogP contribution in [0.1, 0.15) is 28.5 Å². The van der Waals surface area contributed by atoms with Gasteiger partial charge in [0.1, 0.15) is 11.6 Å². The fraction of sp³-hybridized carbons (Fsp3) is 0.160. The molecule has 0 atom stereocenters. The van der Waals surface area contributed by atoms with Crippen LogP contribution in [0.15, 0.2) is 54.6 Å². The summed E-state index contributed by atoms with van der Waals surface area (Å²) < 4.78 is 21.3. The fourth-order valence-electron chi connectivity index (χ4n) is 4.20. The van der Waals surface area contributed by atoms with Gasteiger partial charge in [0.25, 0.3) is 11.7 Å². The van der Waals surface area contributed by atoms with Crippen molar-refractivity contribution in [2.24, 2.45) is 5.73 Å². The van der Waals surface area contributed by atoms with Gasteiger partial charge in [0.05, 0.1) is 16.5 Å². The monoisotopic (exact) mass is 448 g/mol. The number of fused-ring (bicyclic) bond motifs is 2. The molecule has 0 unspecified atom stereocenters. The van der Waals surface area contributed by atoms with Gasteiger partial charge >= 0.3 is 5.97 Å². The number of nitrogens with two attached hydrogens (primary N) is 1. The lowest BCUT2D eigenvalue weighted by atomic mass is 10.00. The molecule has 0 bridgehead atoms. The molecular formula is C25H21FN2O5. The van der Waals surface area contributed by atoms with Crippen LogP contribution in [-0.2, 0) is 22.6 Å². The minimum Gasteiger partial charge on any atom is -0.481 e. The van der Waals surface area contributed by atoms with Crippen LogP contribution in [0.5, 0.6) is 5.75 Å². The van der Waals surface area contributed by atoms with Crippen molar-refractivity contribution in [3.63, 3.8) is 0 Å². The highest BCUT2D eigenvalue weighted by Gasteiger charge is 2.28. The largest absolute Gasteiger partial charge is 0.481 e. The molecule has 0 aliphatic rings. The summed E-state index contributed by atoms with van der Waals surface area (Å²) in [6, 6.07) is 15.1. The van der Waals surface area contributed by atoms with Crippen LogP contribution < -0.4 is 10.5 Å². The molecule has 0 radical (unpaired) electrons. The zero-order valence-corrected chi connectivity index (χ0v) is 17.8. The number of amides is 1. The number of carboxylic acids is 1. The van der Waals surface area contributed by atoms with E-state index in [1.165, 1.54) is 12.1 Å². The molecule has 7 nitrogen and oxygen atoms in total. The molecule has 1 aromatic heterocycles. The fourth-order valence-corrected chi connectivity index (χ4v) is 4.20. The number of ketones is 1. The van der Waals surface area contributed by atoms with Gasteiger partial charge in [0, 0.05) is 17.6 Å². The van der Waals surface area contributed by atoms with Crippen LogP contribution in [0.3, 0.4) is 0 Å². The van der Waals surface area contributed by atoms with Crippen LogP contribution in [0, 0.1) is 5.82 Å². The van der Waals surface area contributed by atoms with E-state index in [2.05, 4.69) is 0 Å². The van der Waals surface area contributed by atoms with E-state index in [-0.39, 0.29) is 17.9 Å². The van der Waals surface area contributed by atoms with E-state index < -0.39 is 30.1 Å². The third-order valence-electron chi connectivity index (χ3n) is 5.49. The quantitative estimate of drug-likeness (QED) is 0.316. The highest BCUT2D eigenvalue weighted by Crippen LogP contribution is 2.40. The van der Waals surface area contributed by atoms with E-state index in [0.717, 1.165) is 5.39 Å². The van der Waals surface area contributed by atoms with Crippen LogP contribution in [0.4, 0.5) is 4.39 Å². The molecule has 3 aromatic carbocycles. The Labute approximate surface area is 188 Å². The van der Waals surface area contributed by atoms with Crippen molar-refractivity contribution in [1.29, 1.82) is 0 Å². The molecule has 1 heterocycles. The molecule has 1 amide bonds. The normalized spacial score (nSPS) is 11.1. The summed E-state index contributed by atoms with van der Waals surface area (Å²) in [4.78, 5) is 36.2. The Morgan fingerprint density at radius 2 is 1.85 bits per heavy atom. The molecule has 3 N–H and O–H groups in total. The van der Waals surface area contributed by atoms with Crippen molar-refractivity contribution in [2.45, 2.75) is 19.9 Å². The van der Waals surface area contributed by atoms with Crippen molar-refractivity contribution in [2.75, 3.05) is 6.61 Å². The number of rotatable bonds is 8. The Morgan fingerprint density at radius 3 is 2.52 bits per heavy atom. The minimum atomic E-state index is -1.19. The van der Waals surface area contributed by atoms with Gasteiger partial charge in [0.2, 0.25) is 0 Å². The van der Waals surface area contributed by atoms with E-state index in [1.54, 1.807) is 24.3 Å². The number of nitrogens with zero attached hydrogens (tertiary/aromatic N) is 1. The minimum absolute atomic E-state index is 0.0718. The van der Waals surface area contributed by atoms with Gasteiger partial charge < -0.3 is 20.1 Å². The first-order valence-corrected chi connectivity index (χ1v) is 10.3. The second kappa shape index (κ2) is 8.74. The lowest BCUT2D eigenvalue weighted by molar-refractivity contribution is -0.139. The first-order chi connectivity index (χ1) is 15.8. The SMILES string of the molecule is CCc1c(C(=O)C(N)=O)c2c(OCC(=O)O)c3ccccc3cc2n1Cc1cccc(F)c1. The maximum atomic E-state index is 13.9. The molecule has 33 heavy (non-hydrogen) atoms. The number of hydrogen-bond acceptors (Lipinski definition) is 4. The Hall–Kier alpha value is -4.20. The van der Waals surface area contributed by atoms with E-state index >= 15 is 0 Å². The lowest BCUT2D eigenvalue weighted by Gasteiger charge is -2.13. The first-order valence-electron chi connectivity index (χ1n) is 10.3. The van der Waals surface area contributed by atoms with Crippen molar-refractivity contribution in [3.05, 3.63) is 77.2 Å². The number of primary amides is 1. The summed E-state index contributed by atoms with van der Waals surface area (Å²) >= 11 is 0. The molecule has 168 valence electrons. The summed E-state index contributed by atoms with van der Waals surface area (Å²) in [6.45, 7) is 1.41. The number of carbonyl (C=O) groups is 3. The molecule has 0 saturated heterocycles. The van der Waals surface area contributed by atoms with Crippen molar-refractivity contribution in [3.8, 4) is 5.75 Å².